The molecule has 0 saturated carbocycles. The summed E-state index contributed by atoms with van der Waals surface area (Å²) in [5.41, 5.74) is 2.80. The largest absolute Gasteiger partial charge is 0.444 e. The van der Waals surface area contributed by atoms with Gasteiger partial charge < -0.3 is 24.0 Å². The van der Waals surface area contributed by atoms with Crippen molar-refractivity contribution in [2.45, 2.75) is 52.6 Å². The molecule has 48 heavy (non-hydrogen) atoms. The molecule has 2 aliphatic rings. The van der Waals surface area contributed by atoms with Crippen molar-refractivity contribution in [3.05, 3.63) is 113 Å². The highest BCUT2D eigenvalue weighted by Gasteiger charge is 2.34. The lowest BCUT2D eigenvalue weighted by atomic mass is 9.94. The van der Waals surface area contributed by atoms with Gasteiger partial charge in [0.1, 0.15) is 11.3 Å². The van der Waals surface area contributed by atoms with Crippen LogP contribution in [0.15, 0.2) is 78.9 Å². The third-order valence-electron chi connectivity index (χ3n) is 8.68. The number of alkyl halides is 3. The second-order valence-electron chi connectivity index (χ2n) is 13.1. The van der Waals surface area contributed by atoms with Crippen LogP contribution in [0.3, 0.4) is 0 Å². The molecular weight excluding hydrogens is 621 g/mol. The number of fused-ring (bicyclic) bond motifs is 2. The highest BCUT2D eigenvalue weighted by Crippen LogP contribution is 2.38. The number of anilines is 1. The van der Waals surface area contributed by atoms with Gasteiger partial charge >= 0.3 is 12.3 Å². The quantitative estimate of drug-likeness (QED) is 0.230. The number of benzene rings is 3. The van der Waals surface area contributed by atoms with Crippen molar-refractivity contribution in [2.24, 2.45) is 0 Å². The molecule has 0 N–H and O–H groups in total. The number of para-hydroxylation sites is 1. The molecular formula is C37H37F3N4O4. The minimum Gasteiger partial charge on any atom is -0.444 e. The average molecular weight is 659 g/mol. The lowest BCUT2D eigenvalue weighted by molar-refractivity contribution is -0.137. The molecule has 3 amide bonds. The zero-order chi connectivity index (χ0) is 34.4. The van der Waals surface area contributed by atoms with E-state index in [0.717, 1.165) is 17.3 Å². The molecule has 3 aromatic carbocycles. The Bertz CT molecular complexity index is 1880. The molecule has 8 nitrogen and oxygen atoms in total. The molecule has 6 rings (SSSR count). The number of amides is 3. The minimum atomic E-state index is -4.52. The first kappa shape index (κ1) is 32.9. The van der Waals surface area contributed by atoms with Gasteiger partial charge in [-0.3, -0.25) is 9.59 Å². The van der Waals surface area contributed by atoms with Gasteiger partial charge in [-0.25, -0.2) is 4.79 Å². The van der Waals surface area contributed by atoms with Gasteiger partial charge in [-0.2, -0.15) is 13.2 Å². The Labute approximate surface area is 277 Å². The van der Waals surface area contributed by atoms with Crippen LogP contribution in [-0.2, 0) is 24.0 Å². The summed E-state index contributed by atoms with van der Waals surface area (Å²) in [6, 6.07) is 21.3. The molecule has 4 aromatic rings. The number of carbonyl (C=O) groups is 3. The van der Waals surface area contributed by atoms with Crippen molar-refractivity contribution >= 4 is 23.6 Å². The van der Waals surface area contributed by atoms with Gasteiger partial charge in [0.25, 0.3) is 11.8 Å². The molecule has 0 spiro atoms. The number of hydrogen-bond acceptors (Lipinski definition) is 4. The Morgan fingerprint density at radius 1 is 0.729 bits per heavy atom. The fraction of sp³-hybridized carbons (Fsp3) is 0.324. The van der Waals surface area contributed by atoms with E-state index in [1.165, 1.54) is 12.1 Å². The SMILES string of the molecule is Cc1cc(C(=O)N2Cc3ccc(C(=O)N4CCN(C(=O)OC(C)(C)C)CC4)n3Cc3ccccc32)ccc1-c1ccccc1C(F)(F)F. The first-order valence-electron chi connectivity index (χ1n) is 15.8. The zero-order valence-electron chi connectivity index (χ0n) is 27.3. The van der Waals surface area contributed by atoms with Crippen molar-refractivity contribution in [1.82, 2.24) is 14.4 Å². The van der Waals surface area contributed by atoms with Crippen molar-refractivity contribution in [2.75, 3.05) is 31.1 Å². The fourth-order valence-electron chi connectivity index (χ4n) is 6.33. The maximum absolute atomic E-state index is 14.1. The van der Waals surface area contributed by atoms with Gasteiger partial charge in [0.2, 0.25) is 0 Å². The fourth-order valence-corrected chi connectivity index (χ4v) is 6.33. The standard InChI is InChI=1S/C37H37F3N4O4/c1-24-21-25(13-15-28(24)29-10-6-7-11-30(29)37(38,39)40)33(45)44-23-27-14-16-32(43(27)22-26-9-5-8-12-31(26)44)34(46)41-17-19-42(20-18-41)35(47)48-36(2,3)4/h5-16,21H,17-20,22-23H2,1-4H3. The van der Waals surface area contributed by atoms with E-state index in [0.29, 0.717) is 60.8 Å². The number of halogens is 3. The first-order valence-corrected chi connectivity index (χ1v) is 15.8. The Hall–Kier alpha value is -5.06. The highest BCUT2D eigenvalue weighted by atomic mass is 19.4. The van der Waals surface area contributed by atoms with Crippen LogP contribution < -0.4 is 4.90 Å². The first-order chi connectivity index (χ1) is 22.7. The van der Waals surface area contributed by atoms with E-state index in [2.05, 4.69) is 0 Å². The predicted molar refractivity (Wildman–Crippen MR) is 176 cm³/mol. The van der Waals surface area contributed by atoms with E-state index >= 15 is 0 Å². The Balaban J connectivity index is 1.25. The summed E-state index contributed by atoms with van der Waals surface area (Å²) in [5, 5.41) is 0. The van der Waals surface area contributed by atoms with E-state index in [1.807, 2.05) is 55.7 Å². The summed E-state index contributed by atoms with van der Waals surface area (Å²) in [6.45, 7) is 9.15. The van der Waals surface area contributed by atoms with E-state index < -0.39 is 23.4 Å². The molecule has 0 radical (unpaired) electrons. The summed E-state index contributed by atoms with van der Waals surface area (Å²) in [5.74, 6) is -0.463. The van der Waals surface area contributed by atoms with Crippen LogP contribution in [-0.4, -0.2) is 64.1 Å². The number of ether oxygens (including phenoxy) is 1. The minimum absolute atomic E-state index is 0.0582. The highest BCUT2D eigenvalue weighted by molar-refractivity contribution is 6.07. The van der Waals surface area contributed by atoms with Crippen LogP contribution in [0.25, 0.3) is 11.1 Å². The Kier molecular flexibility index (Phi) is 8.57. The van der Waals surface area contributed by atoms with Crippen LogP contribution in [0.5, 0.6) is 0 Å². The van der Waals surface area contributed by atoms with Crippen LogP contribution >= 0.6 is 0 Å². The van der Waals surface area contributed by atoms with Crippen molar-refractivity contribution in [3.63, 3.8) is 0 Å². The molecule has 0 aliphatic carbocycles. The third kappa shape index (κ3) is 6.54. The van der Waals surface area contributed by atoms with Gasteiger partial charge in [-0.1, -0.05) is 42.5 Å². The molecule has 3 heterocycles. The number of hydrogen-bond donors (Lipinski definition) is 0. The van der Waals surface area contributed by atoms with E-state index in [4.69, 9.17) is 4.74 Å². The lowest BCUT2D eigenvalue weighted by Gasteiger charge is -2.35. The Morgan fingerprint density at radius 2 is 1.40 bits per heavy atom. The van der Waals surface area contributed by atoms with Crippen molar-refractivity contribution in [3.8, 4) is 11.1 Å². The number of piperazine rings is 1. The molecule has 250 valence electrons. The lowest BCUT2D eigenvalue weighted by Crippen LogP contribution is -2.51. The van der Waals surface area contributed by atoms with Gasteiger partial charge in [0, 0.05) is 43.1 Å². The van der Waals surface area contributed by atoms with Crippen molar-refractivity contribution in [1.29, 1.82) is 0 Å². The molecule has 11 heteroatoms. The molecule has 0 unspecified atom stereocenters. The predicted octanol–water partition coefficient (Wildman–Crippen LogP) is 7.38. The van der Waals surface area contributed by atoms with Gasteiger partial charge in [-0.15, -0.1) is 0 Å². The monoisotopic (exact) mass is 658 g/mol. The summed E-state index contributed by atoms with van der Waals surface area (Å²) in [6.07, 6.45) is -4.92. The molecule has 1 saturated heterocycles. The zero-order valence-corrected chi connectivity index (χ0v) is 27.3. The summed E-state index contributed by atoms with van der Waals surface area (Å²) < 4.78 is 48.7. The third-order valence-corrected chi connectivity index (χ3v) is 8.68. The second-order valence-corrected chi connectivity index (χ2v) is 13.1. The summed E-state index contributed by atoms with van der Waals surface area (Å²) in [4.78, 5) is 45.4. The van der Waals surface area contributed by atoms with E-state index in [1.54, 1.807) is 52.0 Å². The second kappa shape index (κ2) is 12.5. The maximum atomic E-state index is 14.1. The van der Waals surface area contributed by atoms with E-state index in [-0.39, 0.29) is 23.9 Å². The molecule has 1 fully saturated rings. The topological polar surface area (TPSA) is 75.1 Å². The number of carbonyl (C=O) groups excluding carboxylic acids is 3. The molecule has 2 aliphatic heterocycles. The number of aromatic nitrogens is 1. The smallest absolute Gasteiger partial charge is 0.417 e. The normalized spacial score (nSPS) is 15.0. The molecule has 1 aromatic heterocycles. The summed E-state index contributed by atoms with van der Waals surface area (Å²) >= 11 is 0. The van der Waals surface area contributed by atoms with Crippen LogP contribution in [0.2, 0.25) is 0 Å². The van der Waals surface area contributed by atoms with Gasteiger partial charge in [0.05, 0.1) is 18.7 Å². The number of rotatable bonds is 3. The van der Waals surface area contributed by atoms with E-state index in [9.17, 15) is 27.6 Å². The van der Waals surface area contributed by atoms with Crippen LogP contribution in [0.4, 0.5) is 23.7 Å². The van der Waals surface area contributed by atoms with Gasteiger partial charge in [-0.05, 0) is 86.3 Å². The van der Waals surface area contributed by atoms with Crippen LogP contribution in [0.1, 0.15) is 64.0 Å². The summed E-state index contributed by atoms with van der Waals surface area (Å²) in [7, 11) is 0. The molecule has 0 atom stereocenters. The number of nitrogens with zero attached hydrogens (tertiary/aromatic N) is 4. The number of aryl methyl sites for hydroxylation is 1. The molecule has 0 bridgehead atoms. The van der Waals surface area contributed by atoms with Gasteiger partial charge in [0.15, 0.2) is 0 Å². The maximum Gasteiger partial charge on any atom is 0.417 e. The van der Waals surface area contributed by atoms with Crippen LogP contribution in [0, 0.1) is 6.92 Å². The van der Waals surface area contributed by atoms with Crippen molar-refractivity contribution < 1.29 is 32.3 Å². The average Bonchev–Trinajstić information content (AvgIpc) is 3.35. The Morgan fingerprint density at radius 3 is 2.08 bits per heavy atom.